The van der Waals surface area contributed by atoms with E-state index in [-0.39, 0.29) is 0 Å². The third kappa shape index (κ3) is 2.72. The number of hydrogen-bond donors (Lipinski definition) is 1. The average molecular weight is 205 g/mol. The summed E-state index contributed by atoms with van der Waals surface area (Å²) in [6.45, 7) is 5.82. The lowest BCUT2D eigenvalue weighted by atomic mass is 10.0. The van der Waals surface area contributed by atoms with Gasteiger partial charge in [-0.3, -0.25) is 0 Å². The molecule has 1 fully saturated rings. The fraction of sp³-hybridized carbons (Fsp3) is 0.538. The van der Waals surface area contributed by atoms with Crippen molar-refractivity contribution < 1.29 is 5.11 Å². The summed E-state index contributed by atoms with van der Waals surface area (Å²) in [5, 5.41) is 9.41. The summed E-state index contributed by atoms with van der Waals surface area (Å²) in [5.41, 5.74) is 1.24. The summed E-state index contributed by atoms with van der Waals surface area (Å²) in [6, 6.07) is 7.62. The van der Waals surface area contributed by atoms with E-state index in [0.29, 0.717) is 11.7 Å². The summed E-state index contributed by atoms with van der Waals surface area (Å²) in [7, 11) is 0. The van der Waals surface area contributed by atoms with Crippen LogP contribution in [-0.4, -0.2) is 29.6 Å². The zero-order valence-electron chi connectivity index (χ0n) is 9.32. The zero-order chi connectivity index (χ0) is 10.7. The molecule has 0 bridgehead atoms. The third-order valence-electron chi connectivity index (χ3n) is 3.17. The van der Waals surface area contributed by atoms with Crippen molar-refractivity contribution in [2.45, 2.75) is 25.7 Å². The van der Waals surface area contributed by atoms with E-state index >= 15 is 0 Å². The standard InChI is InChI=1S/C13H19NO/c1-11(10-14-7-2-3-8-14)12-5-4-6-13(15)9-12/h4-6,9,11,15H,2-3,7-8,10H2,1H3. The van der Waals surface area contributed by atoms with Gasteiger partial charge < -0.3 is 10.0 Å². The van der Waals surface area contributed by atoms with Crippen LogP contribution in [0.25, 0.3) is 0 Å². The monoisotopic (exact) mass is 205 g/mol. The first-order valence-electron chi connectivity index (χ1n) is 5.77. The molecule has 1 aliphatic rings. The highest BCUT2D eigenvalue weighted by Gasteiger charge is 2.15. The predicted molar refractivity (Wildman–Crippen MR) is 62.2 cm³/mol. The molecule has 0 radical (unpaired) electrons. The Balaban J connectivity index is 1.97. The first-order chi connectivity index (χ1) is 7.25. The van der Waals surface area contributed by atoms with Gasteiger partial charge in [0.15, 0.2) is 0 Å². The molecule has 0 aliphatic carbocycles. The topological polar surface area (TPSA) is 23.5 Å². The number of hydrogen-bond acceptors (Lipinski definition) is 2. The molecule has 2 rings (SSSR count). The number of aromatic hydroxyl groups is 1. The van der Waals surface area contributed by atoms with E-state index in [4.69, 9.17) is 0 Å². The van der Waals surface area contributed by atoms with Crippen LogP contribution < -0.4 is 0 Å². The van der Waals surface area contributed by atoms with Crippen LogP contribution in [-0.2, 0) is 0 Å². The quantitative estimate of drug-likeness (QED) is 0.820. The molecule has 1 unspecified atom stereocenters. The van der Waals surface area contributed by atoms with Crippen molar-refractivity contribution in [3.05, 3.63) is 29.8 Å². The molecule has 1 heterocycles. The summed E-state index contributed by atoms with van der Waals surface area (Å²) < 4.78 is 0. The molecule has 1 aliphatic heterocycles. The molecular formula is C13H19NO. The second-order valence-corrected chi connectivity index (χ2v) is 4.50. The maximum absolute atomic E-state index is 9.41. The molecular weight excluding hydrogens is 186 g/mol. The Kier molecular flexibility index (Phi) is 3.27. The van der Waals surface area contributed by atoms with Gasteiger partial charge in [-0.25, -0.2) is 0 Å². The first kappa shape index (κ1) is 10.5. The van der Waals surface area contributed by atoms with Crippen LogP contribution in [0.3, 0.4) is 0 Å². The lowest BCUT2D eigenvalue weighted by Crippen LogP contribution is -2.24. The molecule has 82 valence electrons. The van der Waals surface area contributed by atoms with Gasteiger partial charge in [-0.15, -0.1) is 0 Å². The van der Waals surface area contributed by atoms with Crippen LogP contribution in [0, 0.1) is 0 Å². The van der Waals surface area contributed by atoms with E-state index in [2.05, 4.69) is 17.9 Å². The van der Waals surface area contributed by atoms with Gasteiger partial charge in [0.1, 0.15) is 5.75 Å². The van der Waals surface area contributed by atoms with E-state index < -0.39 is 0 Å². The number of phenolic OH excluding ortho intramolecular Hbond substituents is 1. The molecule has 0 spiro atoms. The molecule has 1 saturated heterocycles. The summed E-state index contributed by atoms with van der Waals surface area (Å²) >= 11 is 0. The Labute approximate surface area is 91.5 Å². The summed E-state index contributed by atoms with van der Waals surface area (Å²) in [5.74, 6) is 0.885. The Bertz CT molecular complexity index is 318. The van der Waals surface area contributed by atoms with Crippen molar-refractivity contribution in [1.29, 1.82) is 0 Å². The van der Waals surface area contributed by atoms with Crippen molar-refractivity contribution in [3.8, 4) is 5.75 Å². The van der Waals surface area contributed by atoms with Crippen LogP contribution in [0.2, 0.25) is 0 Å². The largest absolute Gasteiger partial charge is 0.508 e. The van der Waals surface area contributed by atoms with Gasteiger partial charge in [0.05, 0.1) is 0 Å². The van der Waals surface area contributed by atoms with E-state index in [1.807, 2.05) is 12.1 Å². The second-order valence-electron chi connectivity index (χ2n) is 4.50. The average Bonchev–Trinajstić information content (AvgIpc) is 2.70. The Hall–Kier alpha value is -1.02. The molecule has 0 saturated carbocycles. The van der Waals surface area contributed by atoms with Crippen molar-refractivity contribution in [1.82, 2.24) is 4.90 Å². The molecule has 1 aromatic carbocycles. The number of benzene rings is 1. The van der Waals surface area contributed by atoms with Crippen LogP contribution in [0.15, 0.2) is 24.3 Å². The van der Waals surface area contributed by atoms with E-state index in [1.54, 1.807) is 6.07 Å². The van der Waals surface area contributed by atoms with Crippen molar-refractivity contribution in [2.24, 2.45) is 0 Å². The fourth-order valence-electron chi connectivity index (χ4n) is 2.29. The van der Waals surface area contributed by atoms with E-state index in [0.717, 1.165) is 6.54 Å². The van der Waals surface area contributed by atoms with Crippen molar-refractivity contribution in [3.63, 3.8) is 0 Å². The second kappa shape index (κ2) is 4.67. The normalized spacial score (nSPS) is 19.3. The van der Waals surface area contributed by atoms with Gasteiger partial charge in [-0.2, -0.15) is 0 Å². The highest BCUT2D eigenvalue weighted by atomic mass is 16.3. The number of phenols is 1. The molecule has 0 amide bonds. The van der Waals surface area contributed by atoms with Gasteiger partial charge in [-0.1, -0.05) is 19.1 Å². The van der Waals surface area contributed by atoms with Crippen LogP contribution in [0.4, 0.5) is 0 Å². The van der Waals surface area contributed by atoms with Gasteiger partial charge in [0.25, 0.3) is 0 Å². The molecule has 1 atom stereocenters. The van der Waals surface area contributed by atoms with Crippen LogP contribution in [0.1, 0.15) is 31.2 Å². The fourth-order valence-corrected chi connectivity index (χ4v) is 2.29. The van der Waals surface area contributed by atoms with E-state index in [1.165, 1.54) is 31.5 Å². The van der Waals surface area contributed by atoms with Crippen molar-refractivity contribution in [2.75, 3.05) is 19.6 Å². The molecule has 0 aromatic heterocycles. The minimum absolute atomic E-state index is 0.376. The number of likely N-dealkylation sites (tertiary alicyclic amines) is 1. The smallest absolute Gasteiger partial charge is 0.115 e. The first-order valence-corrected chi connectivity index (χ1v) is 5.77. The molecule has 2 heteroatoms. The van der Waals surface area contributed by atoms with Gasteiger partial charge in [0.2, 0.25) is 0 Å². The lowest BCUT2D eigenvalue weighted by Gasteiger charge is -2.20. The van der Waals surface area contributed by atoms with Gasteiger partial charge in [0, 0.05) is 6.54 Å². The Morgan fingerprint density at radius 3 is 2.73 bits per heavy atom. The molecule has 1 N–H and O–H groups in total. The lowest BCUT2D eigenvalue weighted by molar-refractivity contribution is 0.320. The summed E-state index contributed by atoms with van der Waals surface area (Å²) in [4.78, 5) is 2.51. The highest BCUT2D eigenvalue weighted by molar-refractivity contribution is 5.29. The van der Waals surface area contributed by atoms with Gasteiger partial charge >= 0.3 is 0 Å². The van der Waals surface area contributed by atoms with E-state index in [9.17, 15) is 5.11 Å². The van der Waals surface area contributed by atoms with Crippen molar-refractivity contribution >= 4 is 0 Å². The maximum Gasteiger partial charge on any atom is 0.115 e. The maximum atomic E-state index is 9.41. The number of rotatable bonds is 3. The SMILES string of the molecule is CC(CN1CCCC1)c1cccc(O)c1. The summed E-state index contributed by atoms with van der Waals surface area (Å²) in [6.07, 6.45) is 2.68. The van der Waals surface area contributed by atoms with Crippen LogP contribution >= 0.6 is 0 Å². The zero-order valence-corrected chi connectivity index (χ0v) is 9.32. The minimum atomic E-state index is 0.376. The Morgan fingerprint density at radius 1 is 1.33 bits per heavy atom. The highest BCUT2D eigenvalue weighted by Crippen LogP contribution is 2.22. The molecule has 15 heavy (non-hydrogen) atoms. The predicted octanol–water partition coefficient (Wildman–Crippen LogP) is 2.59. The molecule has 2 nitrogen and oxygen atoms in total. The van der Waals surface area contributed by atoms with Gasteiger partial charge in [-0.05, 0) is 49.5 Å². The Morgan fingerprint density at radius 2 is 2.07 bits per heavy atom. The minimum Gasteiger partial charge on any atom is -0.508 e. The third-order valence-corrected chi connectivity index (χ3v) is 3.17. The van der Waals surface area contributed by atoms with Crippen LogP contribution in [0.5, 0.6) is 5.75 Å². The number of nitrogens with zero attached hydrogens (tertiary/aromatic N) is 1. The molecule has 1 aromatic rings.